The lowest BCUT2D eigenvalue weighted by Crippen LogP contribution is -2.16. The number of aromatic nitrogens is 4. The van der Waals surface area contributed by atoms with Crippen molar-refractivity contribution in [3.8, 4) is 11.4 Å². The van der Waals surface area contributed by atoms with Crippen molar-refractivity contribution in [2.45, 2.75) is 24.7 Å². The fourth-order valence-electron chi connectivity index (χ4n) is 3.18. The third-order valence-corrected chi connectivity index (χ3v) is 6.72. The largest absolute Gasteiger partial charge is 0.489 e. The molecule has 9 heteroatoms. The molecule has 0 amide bonds. The lowest BCUT2D eigenvalue weighted by Gasteiger charge is -2.13. The molecule has 170 valence electrons. The first kappa shape index (κ1) is 23.8. The lowest BCUT2D eigenvalue weighted by atomic mass is 10.2. The second-order valence-corrected chi connectivity index (χ2v) is 9.60. The minimum atomic E-state index is 0.432. The summed E-state index contributed by atoms with van der Waals surface area (Å²) in [6.07, 6.45) is 0.982. The third kappa shape index (κ3) is 6.80. The van der Waals surface area contributed by atoms with Crippen molar-refractivity contribution >= 4 is 39.3 Å². The van der Waals surface area contributed by atoms with Gasteiger partial charge in [-0.05, 0) is 59.8 Å². The molecule has 4 aromatic rings. The first-order chi connectivity index (χ1) is 16.2. The number of tetrazole rings is 1. The van der Waals surface area contributed by atoms with Crippen molar-refractivity contribution in [2.75, 3.05) is 12.3 Å². The van der Waals surface area contributed by atoms with E-state index in [0.29, 0.717) is 18.2 Å². The molecule has 6 nitrogen and oxygen atoms in total. The van der Waals surface area contributed by atoms with Crippen LogP contribution < -0.4 is 10.1 Å². The first-order valence-electron chi connectivity index (χ1n) is 10.5. The van der Waals surface area contributed by atoms with Gasteiger partial charge in [-0.1, -0.05) is 75.7 Å². The monoisotopic (exact) mass is 543 g/mol. The van der Waals surface area contributed by atoms with Gasteiger partial charge in [0.1, 0.15) is 12.4 Å². The fourth-order valence-corrected chi connectivity index (χ4v) is 4.61. The first-order valence-corrected chi connectivity index (χ1v) is 12.7. The molecule has 1 N–H and O–H groups in total. The number of nitrogens with one attached hydrogen (secondary N) is 1. The van der Waals surface area contributed by atoms with E-state index in [0.717, 1.165) is 50.9 Å². The summed E-state index contributed by atoms with van der Waals surface area (Å²) in [6, 6.07) is 23.7. The van der Waals surface area contributed by atoms with E-state index in [-0.39, 0.29) is 0 Å². The number of hydrogen-bond acceptors (Lipinski definition) is 6. The Balaban J connectivity index is 1.24. The minimum Gasteiger partial charge on any atom is -0.489 e. The Bertz CT molecular complexity index is 1170. The predicted octanol–water partition coefficient (Wildman–Crippen LogP) is 5.93. The highest BCUT2D eigenvalue weighted by molar-refractivity contribution is 9.10. The van der Waals surface area contributed by atoms with Crippen LogP contribution in [0.3, 0.4) is 0 Å². The molecule has 1 aromatic heterocycles. The third-order valence-electron chi connectivity index (χ3n) is 4.85. The van der Waals surface area contributed by atoms with E-state index in [1.54, 1.807) is 16.4 Å². The maximum Gasteiger partial charge on any atom is 0.214 e. The Morgan fingerprint density at radius 3 is 2.67 bits per heavy atom. The summed E-state index contributed by atoms with van der Waals surface area (Å²) in [5.41, 5.74) is 3.02. The quantitative estimate of drug-likeness (QED) is 0.187. The van der Waals surface area contributed by atoms with Gasteiger partial charge in [-0.2, -0.15) is 4.68 Å². The van der Waals surface area contributed by atoms with Crippen LogP contribution >= 0.6 is 39.3 Å². The molecule has 0 fully saturated rings. The van der Waals surface area contributed by atoms with Gasteiger partial charge in [0.15, 0.2) is 0 Å². The minimum absolute atomic E-state index is 0.432. The molecule has 4 rings (SSSR count). The van der Waals surface area contributed by atoms with Crippen molar-refractivity contribution in [1.82, 2.24) is 25.5 Å². The second-order valence-electron chi connectivity index (χ2n) is 7.22. The zero-order valence-electron chi connectivity index (χ0n) is 17.8. The van der Waals surface area contributed by atoms with Gasteiger partial charge in [0.05, 0.1) is 5.69 Å². The number of benzene rings is 3. The topological polar surface area (TPSA) is 64.9 Å². The summed E-state index contributed by atoms with van der Waals surface area (Å²) < 4.78 is 8.85. The van der Waals surface area contributed by atoms with E-state index in [1.807, 2.05) is 66.7 Å². The van der Waals surface area contributed by atoms with E-state index >= 15 is 0 Å². The average Bonchev–Trinajstić information content (AvgIpc) is 3.31. The van der Waals surface area contributed by atoms with Crippen molar-refractivity contribution in [3.05, 3.63) is 93.4 Å². The Labute approximate surface area is 210 Å². The van der Waals surface area contributed by atoms with Crippen LogP contribution in [0.15, 0.2) is 82.4 Å². The van der Waals surface area contributed by atoms with Gasteiger partial charge in [0.2, 0.25) is 5.16 Å². The second kappa shape index (κ2) is 12.2. The number of hydrogen-bond donors (Lipinski definition) is 1. The molecule has 0 aliphatic carbocycles. The molecular formula is C24H23BrClN5OS. The number of para-hydroxylation sites is 1. The Morgan fingerprint density at radius 1 is 1.00 bits per heavy atom. The van der Waals surface area contributed by atoms with Gasteiger partial charge >= 0.3 is 0 Å². The summed E-state index contributed by atoms with van der Waals surface area (Å²) in [5, 5.41) is 17.1. The van der Waals surface area contributed by atoms with Crippen molar-refractivity contribution in [2.24, 2.45) is 0 Å². The summed E-state index contributed by atoms with van der Waals surface area (Å²) in [6.45, 7) is 2.02. The Kier molecular flexibility index (Phi) is 8.77. The molecule has 0 spiro atoms. The molecule has 0 atom stereocenters. The molecule has 3 aromatic carbocycles. The van der Waals surface area contributed by atoms with Crippen LogP contribution in [0.4, 0.5) is 0 Å². The Morgan fingerprint density at radius 2 is 1.82 bits per heavy atom. The zero-order chi connectivity index (χ0) is 22.9. The van der Waals surface area contributed by atoms with Gasteiger partial charge in [0.25, 0.3) is 0 Å². The van der Waals surface area contributed by atoms with Gasteiger partial charge < -0.3 is 10.1 Å². The summed E-state index contributed by atoms with van der Waals surface area (Å²) in [7, 11) is 0. The predicted molar refractivity (Wildman–Crippen MR) is 136 cm³/mol. The standard InChI is InChI=1S/C24H23BrClN5OS/c25-20-11-12-23(32-17-18-7-4-5-10-22(18)26)19(15-20)16-27-13-6-14-33-24-28-29-30-31(24)21-8-2-1-3-9-21/h1-5,7-12,15,27H,6,13-14,16-17H2. The maximum absolute atomic E-state index is 6.25. The van der Waals surface area contributed by atoms with Crippen LogP contribution in [0.2, 0.25) is 5.02 Å². The number of thioether (sulfide) groups is 1. The van der Waals surface area contributed by atoms with E-state index < -0.39 is 0 Å². The molecular weight excluding hydrogens is 522 g/mol. The highest BCUT2D eigenvalue weighted by Gasteiger charge is 2.09. The number of nitrogens with zero attached hydrogens (tertiary/aromatic N) is 4. The molecule has 0 bridgehead atoms. The van der Waals surface area contributed by atoms with Crippen molar-refractivity contribution in [1.29, 1.82) is 0 Å². The summed E-state index contributed by atoms with van der Waals surface area (Å²) in [5.74, 6) is 1.76. The van der Waals surface area contributed by atoms with E-state index in [4.69, 9.17) is 16.3 Å². The van der Waals surface area contributed by atoms with Gasteiger partial charge in [-0.3, -0.25) is 0 Å². The summed E-state index contributed by atoms with van der Waals surface area (Å²) in [4.78, 5) is 0. The SMILES string of the molecule is Clc1ccccc1COc1ccc(Br)cc1CNCCCSc1nnnn1-c1ccccc1. The van der Waals surface area contributed by atoms with E-state index in [2.05, 4.69) is 42.8 Å². The molecule has 0 saturated carbocycles. The highest BCUT2D eigenvalue weighted by Crippen LogP contribution is 2.25. The molecule has 0 unspecified atom stereocenters. The average molecular weight is 545 g/mol. The maximum atomic E-state index is 6.25. The number of rotatable bonds is 11. The smallest absolute Gasteiger partial charge is 0.214 e. The molecule has 0 aliphatic heterocycles. The summed E-state index contributed by atoms with van der Waals surface area (Å²) >= 11 is 11.5. The van der Waals surface area contributed by atoms with E-state index in [9.17, 15) is 0 Å². The Hall–Kier alpha value is -2.39. The molecule has 33 heavy (non-hydrogen) atoms. The molecule has 0 aliphatic rings. The van der Waals surface area contributed by atoms with Crippen LogP contribution in [-0.4, -0.2) is 32.5 Å². The lowest BCUT2D eigenvalue weighted by molar-refractivity contribution is 0.302. The normalized spacial score (nSPS) is 11.0. The number of halogens is 2. The van der Waals surface area contributed by atoms with E-state index in [1.165, 1.54) is 0 Å². The van der Waals surface area contributed by atoms with Crippen molar-refractivity contribution in [3.63, 3.8) is 0 Å². The van der Waals surface area contributed by atoms with Crippen LogP contribution in [0.1, 0.15) is 17.5 Å². The molecule has 0 radical (unpaired) electrons. The van der Waals surface area contributed by atoms with Gasteiger partial charge in [-0.25, -0.2) is 0 Å². The van der Waals surface area contributed by atoms with Crippen molar-refractivity contribution < 1.29 is 4.74 Å². The van der Waals surface area contributed by atoms with Gasteiger partial charge in [-0.15, -0.1) is 5.10 Å². The van der Waals surface area contributed by atoms with Crippen LogP contribution in [0.25, 0.3) is 5.69 Å². The van der Waals surface area contributed by atoms with Crippen LogP contribution in [0.5, 0.6) is 5.75 Å². The van der Waals surface area contributed by atoms with Gasteiger partial charge in [0, 0.05) is 32.9 Å². The fraction of sp³-hybridized carbons (Fsp3) is 0.208. The van der Waals surface area contributed by atoms with Crippen LogP contribution in [0, 0.1) is 0 Å². The molecule has 0 saturated heterocycles. The zero-order valence-corrected chi connectivity index (χ0v) is 21.0. The number of ether oxygens (including phenoxy) is 1. The van der Waals surface area contributed by atoms with Crippen LogP contribution in [-0.2, 0) is 13.2 Å². The highest BCUT2D eigenvalue weighted by atomic mass is 79.9. The molecule has 1 heterocycles.